The van der Waals surface area contributed by atoms with Crippen LogP contribution in [0.5, 0.6) is 0 Å². The van der Waals surface area contributed by atoms with Gasteiger partial charge in [-0.1, -0.05) is 18.2 Å². The molecule has 2 nitrogen and oxygen atoms in total. The molecule has 3 rings (SSSR count). The zero-order valence-electron chi connectivity index (χ0n) is 4.96. The summed E-state index contributed by atoms with van der Waals surface area (Å²) >= 11 is 0. The van der Waals surface area contributed by atoms with Gasteiger partial charge < -0.3 is 11.5 Å². The Labute approximate surface area is 53.5 Å². The smallest absolute Gasteiger partial charge is 0.116 e. The highest BCUT2D eigenvalue weighted by molar-refractivity contribution is 5.47. The molecule has 1 aromatic rings. The summed E-state index contributed by atoms with van der Waals surface area (Å²) in [5.74, 6) is 0. The molecule has 0 amide bonds. The maximum Gasteiger partial charge on any atom is 0.116 e. The van der Waals surface area contributed by atoms with Gasteiger partial charge in [0.1, 0.15) is 5.66 Å². The second kappa shape index (κ2) is 1.17. The molecule has 0 saturated carbocycles. The van der Waals surface area contributed by atoms with Crippen LogP contribution in [0.15, 0.2) is 24.3 Å². The van der Waals surface area contributed by atoms with Gasteiger partial charge in [0.05, 0.1) is 0 Å². The molecule has 2 heteroatoms. The molecule has 2 bridgehead atoms. The highest BCUT2D eigenvalue weighted by Gasteiger charge is 2.32. The van der Waals surface area contributed by atoms with Crippen LogP contribution in [0.2, 0.25) is 0 Å². The fraction of sp³-hybridized carbons (Fsp3) is 0.143. The monoisotopic (exact) mass is 120 g/mol. The molecule has 4 N–H and O–H groups in total. The van der Waals surface area contributed by atoms with Crippen LogP contribution < -0.4 is 11.5 Å². The van der Waals surface area contributed by atoms with Crippen LogP contribution >= 0.6 is 0 Å². The molecule has 0 aromatic heterocycles. The lowest BCUT2D eigenvalue weighted by Crippen LogP contribution is -2.51. The molecular weight excluding hydrogens is 112 g/mol. The minimum atomic E-state index is -0.630. The summed E-state index contributed by atoms with van der Waals surface area (Å²) < 4.78 is 0. The molecule has 0 saturated heterocycles. The normalized spacial score (nSPS) is 18.9. The Kier molecular flexibility index (Phi) is 0.648. The predicted molar refractivity (Wildman–Crippen MR) is 35.6 cm³/mol. The molecule has 0 heterocycles. The largest absolute Gasteiger partial charge is 0.306 e. The van der Waals surface area contributed by atoms with E-state index in [1.807, 2.05) is 24.3 Å². The Bertz CT molecular complexity index is 224. The van der Waals surface area contributed by atoms with E-state index in [2.05, 4.69) is 0 Å². The first-order chi connectivity index (χ1) is 4.21. The third kappa shape index (κ3) is 0.422. The molecule has 9 heavy (non-hydrogen) atoms. The first-order valence-corrected chi connectivity index (χ1v) is 2.90. The van der Waals surface area contributed by atoms with E-state index >= 15 is 0 Å². The van der Waals surface area contributed by atoms with E-state index in [-0.39, 0.29) is 0 Å². The summed E-state index contributed by atoms with van der Waals surface area (Å²) in [6.07, 6.45) is 0. The predicted octanol–water partition coefficient (Wildman–Crippen LogP) is 0.118. The lowest BCUT2D eigenvalue weighted by atomic mass is 9.82. The minimum absolute atomic E-state index is 0.630. The van der Waals surface area contributed by atoms with Gasteiger partial charge in [-0.15, -0.1) is 0 Å². The van der Waals surface area contributed by atoms with Crippen LogP contribution in [0.3, 0.4) is 0 Å². The second-order valence-corrected chi connectivity index (χ2v) is 2.45. The third-order valence-electron chi connectivity index (χ3n) is 1.82. The first kappa shape index (κ1) is 4.97. The van der Waals surface area contributed by atoms with E-state index in [0.29, 0.717) is 0 Å². The van der Waals surface area contributed by atoms with E-state index in [1.165, 1.54) is 0 Å². The number of benzene rings is 1. The van der Waals surface area contributed by atoms with E-state index in [1.54, 1.807) is 0 Å². The van der Waals surface area contributed by atoms with Gasteiger partial charge in [0.2, 0.25) is 0 Å². The Morgan fingerprint density at radius 3 is 1.89 bits per heavy atom. The highest BCUT2D eigenvalue weighted by atomic mass is 15.0. The Balaban J connectivity index is 2.65. The maximum atomic E-state index is 5.66. The SMILES string of the molecule is NC1(N)c2cccc1c2. The lowest BCUT2D eigenvalue weighted by molar-refractivity contribution is 0.527. The average molecular weight is 120 g/mol. The lowest BCUT2D eigenvalue weighted by Gasteiger charge is -2.34. The van der Waals surface area contributed by atoms with Gasteiger partial charge in [-0.05, 0) is 17.2 Å². The van der Waals surface area contributed by atoms with Crippen molar-refractivity contribution in [3.05, 3.63) is 35.4 Å². The molecule has 2 aliphatic rings. The molecule has 46 valence electrons. The van der Waals surface area contributed by atoms with E-state index in [9.17, 15) is 0 Å². The van der Waals surface area contributed by atoms with Crippen molar-refractivity contribution in [3.8, 4) is 0 Å². The second-order valence-electron chi connectivity index (χ2n) is 2.45. The Morgan fingerprint density at radius 2 is 1.67 bits per heavy atom. The molecule has 0 unspecified atom stereocenters. The van der Waals surface area contributed by atoms with Crippen molar-refractivity contribution in [3.63, 3.8) is 0 Å². The molecule has 0 atom stereocenters. The number of hydrogen-bond donors (Lipinski definition) is 2. The van der Waals surface area contributed by atoms with Gasteiger partial charge in [0, 0.05) is 0 Å². The summed E-state index contributed by atoms with van der Waals surface area (Å²) in [6, 6.07) is 7.84. The summed E-state index contributed by atoms with van der Waals surface area (Å²) in [7, 11) is 0. The molecule has 2 aliphatic carbocycles. The first-order valence-electron chi connectivity index (χ1n) is 2.90. The van der Waals surface area contributed by atoms with Gasteiger partial charge in [-0.3, -0.25) is 0 Å². The van der Waals surface area contributed by atoms with Gasteiger partial charge in [0.15, 0.2) is 0 Å². The number of fused-ring (bicyclic) bond motifs is 2. The fourth-order valence-electron chi connectivity index (χ4n) is 1.12. The van der Waals surface area contributed by atoms with Crippen molar-refractivity contribution < 1.29 is 0 Å². The topological polar surface area (TPSA) is 52.0 Å². The van der Waals surface area contributed by atoms with Crippen LogP contribution in [0.25, 0.3) is 0 Å². The zero-order chi connectivity index (χ0) is 6.48. The number of rotatable bonds is 0. The van der Waals surface area contributed by atoms with Crippen LogP contribution in [-0.2, 0) is 5.66 Å². The van der Waals surface area contributed by atoms with Crippen LogP contribution in [0, 0.1) is 0 Å². The molecule has 0 spiro atoms. The summed E-state index contributed by atoms with van der Waals surface area (Å²) in [5, 5.41) is 0. The molecular formula is C7H8N2. The highest BCUT2D eigenvalue weighted by Crippen LogP contribution is 2.31. The number of hydrogen-bond acceptors (Lipinski definition) is 2. The van der Waals surface area contributed by atoms with E-state index in [4.69, 9.17) is 11.5 Å². The van der Waals surface area contributed by atoms with Crippen molar-refractivity contribution in [1.82, 2.24) is 0 Å². The Hall–Kier alpha value is -0.860. The van der Waals surface area contributed by atoms with Gasteiger partial charge in [0.25, 0.3) is 0 Å². The summed E-state index contributed by atoms with van der Waals surface area (Å²) in [4.78, 5) is 0. The molecule has 0 fully saturated rings. The van der Waals surface area contributed by atoms with Crippen molar-refractivity contribution >= 4 is 0 Å². The van der Waals surface area contributed by atoms with Crippen molar-refractivity contribution in [1.29, 1.82) is 0 Å². The quantitative estimate of drug-likeness (QED) is 0.478. The van der Waals surface area contributed by atoms with Crippen molar-refractivity contribution in [2.45, 2.75) is 5.66 Å². The molecule has 0 radical (unpaired) electrons. The number of nitrogens with two attached hydrogens (primary N) is 2. The minimum Gasteiger partial charge on any atom is -0.306 e. The average Bonchev–Trinajstić information content (AvgIpc) is 1.89. The maximum absolute atomic E-state index is 5.66. The van der Waals surface area contributed by atoms with E-state index < -0.39 is 5.66 Å². The molecule has 0 aliphatic heterocycles. The summed E-state index contributed by atoms with van der Waals surface area (Å²) in [5.41, 5.74) is 12.7. The van der Waals surface area contributed by atoms with Crippen LogP contribution in [-0.4, -0.2) is 0 Å². The van der Waals surface area contributed by atoms with Crippen molar-refractivity contribution in [2.24, 2.45) is 11.5 Å². The fourth-order valence-corrected chi connectivity index (χ4v) is 1.12. The summed E-state index contributed by atoms with van der Waals surface area (Å²) in [6.45, 7) is 0. The van der Waals surface area contributed by atoms with Gasteiger partial charge in [-0.2, -0.15) is 0 Å². The van der Waals surface area contributed by atoms with Crippen LogP contribution in [0.4, 0.5) is 0 Å². The standard InChI is InChI=1S/C7H8N2/c8-7(9)5-2-1-3-6(7)4-5/h1-4H,8-9H2. The van der Waals surface area contributed by atoms with Gasteiger partial charge >= 0.3 is 0 Å². The zero-order valence-corrected chi connectivity index (χ0v) is 4.96. The van der Waals surface area contributed by atoms with Crippen LogP contribution in [0.1, 0.15) is 11.1 Å². The van der Waals surface area contributed by atoms with E-state index in [0.717, 1.165) is 11.1 Å². The van der Waals surface area contributed by atoms with Gasteiger partial charge in [-0.25, -0.2) is 0 Å². The molecule has 1 aromatic carbocycles. The Morgan fingerprint density at radius 1 is 1.11 bits per heavy atom. The van der Waals surface area contributed by atoms with Crippen molar-refractivity contribution in [2.75, 3.05) is 0 Å². The third-order valence-corrected chi connectivity index (χ3v) is 1.82.